The molecule has 12 nitrogen and oxygen atoms in total. The molecule has 36 heavy (non-hydrogen) atoms. The summed E-state index contributed by atoms with van der Waals surface area (Å²) in [5.74, 6) is -4.80. The number of morpholine rings is 1. The molecule has 2 aromatic carbocycles. The van der Waals surface area contributed by atoms with Crippen LogP contribution in [0.5, 0.6) is 0 Å². The van der Waals surface area contributed by atoms with Crippen LogP contribution in [0, 0.1) is 11.2 Å². The first-order valence-electron chi connectivity index (χ1n) is 10.6. The molecular weight excluding hydrogens is 477 g/mol. The lowest BCUT2D eigenvalue weighted by Gasteiger charge is -2.34. The lowest BCUT2D eigenvalue weighted by atomic mass is 10.1. The van der Waals surface area contributed by atoms with Crippen LogP contribution in [0.4, 0.5) is 15.8 Å². The van der Waals surface area contributed by atoms with Gasteiger partial charge in [0.25, 0.3) is 17.7 Å². The molecule has 3 rings (SSSR count). The number of nitrogens with two attached hydrogens (primary N) is 1. The second-order valence-corrected chi connectivity index (χ2v) is 7.96. The molecule has 13 heteroatoms. The molecule has 0 spiro atoms. The fourth-order valence-electron chi connectivity index (χ4n) is 3.52. The van der Waals surface area contributed by atoms with Crippen molar-refractivity contribution in [2.24, 2.45) is 5.73 Å². The third-order valence-corrected chi connectivity index (χ3v) is 5.30. The summed E-state index contributed by atoms with van der Waals surface area (Å²) in [4.78, 5) is 50.9. The van der Waals surface area contributed by atoms with Crippen LogP contribution in [0.15, 0.2) is 42.5 Å². The summed E-state index contributed by atoms with van der Waals surface area (Å²) in [6.07, 6.45) is -3.52. The van der Waals surface area contributed by atoms with E-state index >= 15 is 0 Å². The van der Waals surface area contributed by atoms with Gasteiger partial charge in [-0.25, -0.2) is 4.39 Å². The highest BCUT2D eigenvalue weighted by atomic mass is 19.1. The highest BCUT2D eigenvalue weighted by Gasteiger charge is 2.39. The maximum atomic E-state index is 14.3. The van der Waals surface area contributed by atoms with E-state index in [0.29, 0.717) is 5.56 Å². The van der Waals surface area contributed by atoms with E-state index in [0.717, 1.165) is 21.9 Å². The molecule has 3 amide bonds. The Hall–Kier alpha value is -4.36. The molecule has 2 unspecified atom stereocenters. The van der Waals surface area contributed by atoms with Crippen molar-refractivity contribution in [3.05, 3.63) is 59.4 Å². The molecule has 1 aliphatic rings. The van der Waals surface area contributed by atoms with Crippen molar-refractivity contribution in [2.45, 2.75) is 12.2 Å². The van der Waals surface area contributed by atoms with Crippen molar-refractivity contribution >= 4 is 40.9 Å². The number of benzene rings is 2. The number of aliphatic hydroxyl groups excluding tert-OH is 1. The molecule has 0 radical (unpaired) electrons. The Bertz CT molecular complexity index is 1200. The average molecular weight is 501 g/mol. The third-order valence-electron chi connectivity index (χ3n) is 5.30. The Kier molecular flexibility index (Phi) is 7.96. The molecule has 0 saturated carbocycles. The van der Waals surface area contributed by atoms with Crippen LogP contribution in [0.1, 0.15) is 15.9 Å². The number of aliphatic hydroxyl groups is 1. The smallest absolute Gasteiger partial charge is 0.323 e. The largest absolute Gasteiger partial charge is 0.480 e. The molecule has 1 aliphatic heterocycles. The number of amidine groups is 1. The number of carbonyl (C=O) groups excluding carboxylic acids is 3. The molecule has 2 aromatic rings. The van der Waals surface area contributed by atoms with E-state index in [1.54, 1.807) is 0 Å². The van der Waals surface area contributed by atoms with Gasteiger partial charge in [-0.15, -0.1) is 0 Å². The van der Waals surface area contributed by atoms with Gasteiger partial charge in [-0.05, 0) is 42.5 Å². The molecule has 1 fully saturated rings. The number of nitrogens with zero attached hydrogens (tertiary/aromatic N) is 2. The number of nitrogens with one attached hydrogen (secondary N) is 2. The number of carbonyl (C=O) groups is 4. The number of hydrogen-bond acceptors (Lipinski definition) is 7. The van der Waals surface area contributed by atoms with E-state index < -0.39 is 48.3 Å². The van der Waals surface area contributed by atoms with Crippen molar-refractivity contribution in [2.75, 3.05) is 37.0 Å². The molecule has 0 aromatic heterocycles. The van der Waals surface area contributed by atoms with Gasteiger partial charge >= 0.3 is 5.97 Å². The molecule has 0 aliphatic carbocycles. The minimum absolute atomic E-state index is 0.0206. The summed E-state index contributed by atoms with van der Waals surface area (Å²) >= 11 is 0. The van der Waals surface area contributed by atoms with Crippen LogP contribution < -0.4 is 16.0 Å². The number of carboxylic acids is 1. The van der Waals surface area contributed by atoms with Gasteiger partial charge in [0.1, 0.15) is 18.2 Å². The molecule has 6 N–H and O–H groups in total. The van der Waals surface area contributed by atoms with Crippen molar-refractivity contribution in [1.29, 1.82) is 5.41 Å². The van der Waals surface area contributed by atoms with Crippen LogP contribution in [0.3, 0.4) is 0 Å². The van der Waals surface area contributed by atoms with Crippen LogP contribution in [-0.4, -0.2) is 83.6 Å². The number of aliphatic carboxylic acids is 1. The SMILES string of the molecule is CN(CC(=O)O)C(=O)c1cc(F)cc(N2CCOC(C(O)C(=O)Nc3ccc(C(=N)N)cc3)C2=O)c1. The predicted octanol–water partition coefficient (Wildman–Crippen LogP) is -0.00223. The number of halogens is 1. The quantitative estimate of drug-likeness (QED) is 0.247. The van der Waals surface area contributed by atoms with Crippen LogP contribution in [-0.2, 0) is 19.1 Å². The molecule has 1 heterocycles. The average Bonchev–Trinajstić information content (AvgIpc) is 2.82. The van der Waals surface area contributed by atoms with Gasteiger partial charge < -0.3 is 35.8 Å². The monoisotopic (exact) mass is 501 g/mol. The number of rotatable bonds is 8. The van der Waals surface area contributed by atoms with E-state index in [4.69, 9.17) is 21.0 Å². The van der Waals surface area contributed by atoms with Gasteiger partial charge in [0.2, 0.25) is 0 Å². The molecule has 2 atom stereocenters. The fourth-order valence-corrected chi connectivity index (χ4v) is 3.52. The van der Waals surface area contributed by atoms with Crippen molar-refractivity contribution in [1.82, 2.24) is 4.90 Å². The molecule has 0 bridgehead atoms. The summed E-state index contributed by atoms with van der Waals surface area (Å²) in [6, 6.07) is 9.03. The maximum absolute atomic E-state index is 14.3. The molecule has 1 saturated heterocycles. The van der Waals surface area contributed by atoms with Gasteiger partial charge in [0.05, 0.1) is 6.61 Å². The van der Waals surface area contributed by atoms with Gasteiger partial charge in [0.15, 0.2) is 12.2 Å². The summed E-state index contributed by atoms with van der Waals surface area (Å²) < 4.78 is 19.6. The summed E-state index contributed by atoms with van der Waals surface area (Å²) in [6.45, 7) is -0.743. The Morgan fingerprint density at radius 2 is 1.92 bits per heavy atom. The van der Waals surface area contributed by atoms with Crippen LogP contribution in [0.2, 0.25) is 0 Å². The van der Waals surface area contributed by atoms with E-state index in [1.165, 1.54) is 37.4 Å². The standard InChI is InChI=1S/C23H24FN5O7/c1-28(11-17(30)31)22(34)13-8-14(24)10-16(9-13)29-6-7-36-19(23(29)35)18(32)21(33)27-15-4-2-12(3-5-15)20(25)26/h2-5,8-10,18-19,32H,6-7,11H2,1H3,(H3,25,26)(H,27,33)(H,30,31). The van der Waals surface area contributed by atoms with Crippen molar-refractivity contribution in [3.63, 3.8) is 0 Å². The number of hydrogen-bond donors (Lipinski definition) is 5. The maximum Gasteiger partial charge on any atom is 0.323 e. The summed E-state index contributed by atoms with van der Waals surface area (Å²) in [5.41, 5.74) is 5.89. The summed E-state index contributed by atoms with van der Waals surface area (Å²) in [7, 11) is 1.24. The molecular formula is C23H24FN5O7. The number of anilines is 2. The highest BCUT2D eigenvalue weighted by Crippen LogP contribution is 2.24. The lowest BCUT2D eigenvalue weighted by molar-refractivity contribution is -0.150. The van der Waals surface area contributed by atoms with E-state index in [-0.39, 0.29) is 35.9 Å². The summed E-state index contributed by atoms with van der Waals surface area (Å²) in [5, 5.41) is 29.2. The van der Waals surface area contributed by atoms with Crippen LogP contribution >= 0.6 is 0 Å². The second-order valence-electron chi connectivity index (χ2n) is 7.96. The number of nitrogen functional groups attached to an aromatic ring is 1. The van der Waals surface area contributed by atoms with Crippen molar-refractivity contribution < 1.29 is 38.5 Å². The number of likely N-dealkylation sites (N-methyl/N-ethyl adjacent to an activating group) is 1. The normalized spacial score (nSPS) is 16.2. The zero-order chi connectivity index (χ0) is 26.6. The number of amides is 3. The lowest BCUT2D eigenvalue weighted by Crippen LogP contribution is -2.55. The fraction of sp³-hybridized carbons (Fsp3) is 0.261. The number of ether oxygens (including phenoxy) is 1. The van der Waals surface area contributed by atoms with E-state index in [1.807, 2.05) is 0 Å². The topological polar surface area (TPSA) is 186 Å². The van der Waals surface area contributed by atoms with Gasteiger partial charge in [0, 0.05) is 36.1 Å². The minimum atomic E-state index is -1.91. The zero-order valence-electron chi connectivity index (χ0n) is 19.1. The first kappa shape index (κ1) is 26.2. The predicted molar refractivity (Wildman–Crippen MR) is 125 cm³/mol. The van der Waals surface area contributed by atoms with E-state index in [9.17, 15) is 28.7 Å². The number of carboxylic acid groups (broad SMARTS) is 1. The van der Waals surface area contributed by atoms with Crippen molar-refractivity contribution in [3.8, 4) is 0 Å². The second kappa shape index (κ2) is 10.9. The van der Waals surface area contributed by atoms with E-state index in [2.05, 4.69) is 5.32 Å². The first-order chi connectivity index (χ1) is 17.0. The van der Waals surface area contributed by atoms with Gasteiger partial charge in [-0.3, -0.25) is 24.6 Å². The Balaban J connectivity index is 1.76. The Labute approximate surface area is 204 Å². The Morgan fingerprint density at radius 1 is 1.25 bits per heavy atom. The van der Waals surface area contributed by atoms with Crippen LogP contribution in [0.25, 0.3) is 0 Å². The first-order valence-corrected chi connectivity index (χ1v) is 10.6. The Morgan fingerprint density at radius 3 is 2.53 bits per heavy atom. The molecule has 190 valence electrons. The zero-order valence-corrected chi connectivity index (χ0v) is 19.1. The third kappa shape index (κ3) is 6.00. The minimum Gasteiger partial charge on any atom is -0.480 e. The van der Waals surface area contributed by atoms with Gasteiger partial charge in [-0.1, -0.05) is 0 Å². The highest BCUT2D eigenvalue weighted by molar-refractivity contribution is 6.05. The van der Waals surface area contributed by atoms with Gasteiger partial charge in [-0.2, -0.15) is 0 Å².